The van der Waals surface area contributed by atoms with E-state index in [-0.39, 0.29) is 6.54 Å². The Bertz CT molecular complexity index is 750. The van der Waals surface area contributed by atoms with Gasteiger partial charge in [0.05, 0.1) is 16.8 Å². The minimum Gasteiger partial charge on any atom is -0.480 e. The summed E-state index contributed by atoms with van der Waals surface area (Å²) in [6.07, 6.45) is 4.54. The van der Waals surface area contributed by atoms with Gasteiger partial charge in [-0.1, -0.05) is 23.5 Å². The van der Waals surface area contributed by atoms with E-state index in [2.05, 4.69) is 34.3 Å². The Balaban J connectivity index is 1.35. The number of hydrogen-bond donors (Lipinski definition) is 2. The summed E-state index contributed by atoms with van der Waals surface area (Å²) in [5.74, 6) is 0.0114. The lowest BCUT2D eigenvalue weighted by atomic mass is 9.85. The number of carbonyl (C=O) groups is 1. The number of nitrogens with zero attached hydrogens (tertiary/aromatic N) is 2. The molecule has 2 fully saturated rings. The number of benzene rings is 1. The molecule has 24 heavy (non-hydrogen) atoms. The molecular formula is C18H23N3O2S. The van der Waals surface area contributed by atoms with E-state index in [9.17, 15) is 4.79 Å². The highest BCUT2D eigenvalue weighted by molar-refractivity contribution is 7.22. The molecule has 0 unspecified atom stereocenters. The molecular weight excluding hydrogens is 322 g/mol. The summed E-state index contributed by atoms with van der Waals surface area (Å²) in [6, 6.07) is 7.02. The van der Waals surface area contributed by atoms with E-state index in [1.54, 1.807) is 11.3 Å². The number of carboxylic acid groups (broad SMARTS) is 1. The van der Waals surface area contributed by atoms with E-state index in [0.717, 1.165) is 36.0 Å². The molecule has 0 bridgehead atoms. The fourth-order valence-corrected chi connectivity index (χ4v) is 4.49. The van der Waals surface area contributed by atoms with E-state index < -0.39 is 5.97 Å². The highest BCUT2D eigenvalue weighted by atomic mass is 32.1. The van der Waals surface area contributed by atoms with Crippen LogP contribution in [0.3, 0.4) is 0 Å². The number of hydrogen-bond acceptors (Lipinski definition) is 5. The second-order valence-corrected chi connectivity index (χ2v) is 8.17. The summed E-state index contributed by atoms with van der Waals surface area (Å²) in [5.41, 5.74) is 2.32. The molecule has 0 amide bonds. The molecule has 1 aromatic carbocycles. The number of anilines is 1. The van der Waals surface area contributed by atoms with Crippen LogP contribution in [0.2, 0.25) is 0 Å². The average Bonchev–Trinajstić information content (AvgIpc) is 3.19. The second kappa shape index (κ2) is 6.33. The second-order valence-electron chi connectivity index (χ2n) is 7.18. The summed E-state index contributed by atoms with van der Waals surface area (Å²) in [7, 11) is 0. The summed E-state index contributed by atoms with van der Waals surface area (Å²) in [4.78, 5) is 17.9. The maximum Gasteiger partial charge on any atom is 0.317 e. The molecule has 6 heteroatoms. The van der Waals surface area contributed by atoms with Crippen LogP contribution in [-0.2, 0) is 4.79 Å². The van der Waals surface area contributed by atoms with Gasteiger partial charge in [-0.05, 0) is 50.2 Å². The zero-order valence-electron chi connectivity index (χ0n) is 13.9. The Labute approximate surface area is 145 Å². The quantitative estimate of drug-likeness (QED) is 0.806. The molecule has 4 rings (SSSR count). The van der Waals surface area contributed by atoms with Crippen LogP contribution in [0.4, 0.5) is 5.13 Å². The lowest BCUT2D eigenvalue weighted by Crippen LogP contribution is -2.52. The van der Waals surface area contributed by atoms with Crippen LogP contribution < -0.4 is 5.32 Å². The van der Waals surface area contributed by atoms with Crippen LogP contribution >= 0.6 is 11.3 Å². The van der Waals surface area contributed by atoms with Gasteiger partial charge in [0.1, 0.15) is 0 Å². The van der Waals surface area contributed by atoms with Crippen molar-refractivity contribution in [1.29, 1.82) is 0 Å². The molecule has 5 nitrogen and oxygen atoms in total. The van der Waals surface area contributed by atoms with Crippen LogP contribution in [-0.4, -0.2) is 46.1 Å². The fraction of sp³-hybridized carbons (Fsp3) is 0.556. The molecule has 2 N–H and O–H groups in total. The highest BCUT2D eigenvalue weighted by Gasteiger charge is 2.37. The zero-order chi connectivity index (χ0) is 16.7. The van der Waals surface area contributed by atoms with Crippen molar-refractivity contribution in [1.82, 2.24) is 9.88 Å². The topological polar surface area (TPSA) is 65.5 Å². The Morgan fingerprint density at radius 3 is 2.88 bits per heavy atom. The van der Waals surface area contributed by atoms with Gasteiger partial charge >= 0.3 is 5.97 Å². The first-order valence-electron chi connectivity index (χ1n) is 8.67. The van der Waals surface area contributed by atoms with Gasteiger partial charge in [0.25, 0.3) is 0 Å². The Morgan fingerprint density at radius 2 is 2.21 bits per heavy atom. The molecule has 1 aromatic heterocycles. The summed E-state index contributed by atoms with van der Waals surface area (Å²) >= 11 is 1.71. The fourth-order valence-electron chi connectivity index (χ4n) is 3.48. The number of aryl methyl sites for hydroxylation is 1. The third kappa shape index (κ3) is 3.39. The van der Waals surface area contributed by atoms with Gasteiger partial charge in [-0.25, -0.2) is 4.98 Å². The summed E-state index contributed by atoms with van der Waals surface area (Å²) < 4.78 is 1.25. The number of nitrogens with one attached hydrogen (secondary N) is 1. The first-order chi connectivity index (χ1) is 11.6. The average molecular weight is 345 g/mol. The molecule has 0 radical (unpaired) electrons. The van der Waals surface area contributed by atoms with E-state index in [1.165, 1.54) is 23.1 Å². The lowest BCUT2D eigenvalue weighted by Gasteiger charge is -2.42. The first-order valence-corrected chi connectivity index (χ1v) is 9.48. The number of aliphatic carboxylic acids is 1. The zero-order valence-corrected chi connectivity index (χ0v) is 14.7. The van der Waals surface area contributed by atoms with Crippen LogP contribution in [0.5, 0.6) is 0 Å². The van der Waals surface area contributed by atoms with E-state index in [1.807, 2.05) is 6.07 Å². The van der Waals surface area contributed by atoms with Crippen LogP contribution in [0.15, 0.2) is 18.2 Å². The van der Waals surface area contributed by atoms with Crippen molar-refractivity contribution in [3.05, 3.63) is 23.8 Å². The van der Waals surface area contributed by atoms with E-state index >= 15 is 0 Å². The van der Waals surface area contributed by atoms with Crippen molar-refractivity contribution in [2.45, 2.75) is 44.7 Å². The number of carboxylic acids is 1. The molecule has 1 heterocycles. The molecule has 0 spiro atoms. The van der Waals surface area contributed by atoms with Crippen LogP contribution in [0.25, 0.3) is 10.2 Å². The van der Waals surface area contributed by atoms with Crippen molar-refractivity contribution in [2.75, 3.05) is 18.4 Å². The van der Waals surface area contributed by atoms with Gasteiger partial charge in [-0.3, -0.25) is 9.69 Å². The molecule has 0 saturated heterocycles. The summed E-state index contributed by atoms with van der Waals surface area (Å²) in [6.45, 7) is 3.24. The van der Waals surface area contributed by atoms with Crippen molar-refractivity contribution < 1.29 is 9.90 Å². The predicted molar refractivity (Wildman–Crippen MR) is 96.7 cm³/mol. The number of rotatable bonds is 7. The van der Waals surface area contributed by atoms with Gasteiger partial charge in [0.2, 0.25) is 0 Å². The minimum absolute atomic E-state index is 0.175. The van der Waals surface area contributed by atoms with Crippen molar-refractivity contribution >= 4 is 32.7 Å². The largest absolute Gasteiger partial charge is 0.480 e. The van der Waals surface area contributed by atoms with Crippen molar-refractivity contribution in [3.8, 4) is 0 Å². The first kappa shape index (κ1) is 15.8. The molecule has 2 aromatic rings. The number of fused-ring (bicyclic) bond motifs is 1. The number of thiazole rings is 1. The third-order valence-electron chi connectivity index (χ3n) is 5.10. The van der Waals surface area contributed by atoms with Gasteiger partial charge < -0.3 is 10.4 Å². The maximum absolute atomic E-state index is 11.1. The summed E-state index contributed by atoms with van der Waals surface area (Å²) in [5, 5.41) is 13.6. The highest BCUT2D eigenvalue weighted by Crippen LogP contribution is 2.36. The van der Waals surface area contributed by atoms with Gasteiger partial charge in [-0.15, -0.1) is 0 Å². The monoisotopic (exact) mass is 345 g/mol. The van der Waals surface area contributed by atoms with E-state index in [0.29, 0.717) is 12.1 Å². The van der Waals surface area contributed by atoms with Gasteiger partial charge in [0, 0.05) is 18.6 Å². The molecule has 2 aliphatic rings. The Morgan fingerprint density at radius 1 is 1.42 bits per heavy atom. The van der Waals surface area contributed by atoms with Gasteiger partial charge in [0.15, 0.2) is 5.13 Å². The van der Waals surface area contributed by atoms with Crippen molar-refractivity contribution in [2.24, 2.45) is 5.92 Å². The van der Waals surface area contributed by atoms with Gasteiger partial charge in [-0.2, -0.15) is 0 Å². The third-order valence-corrected chi connectivity index (χ3v) is 6.23. The maximum atomic E-state index is 11.1. The number of aromatic nitrogens is 1. The smallest absolute Gasteiger partial charge is 0.317 e. The van der Waals surface area contributed by atoms with Crippen molar-refractivity contribution in [3.63, 3.8) is 0 Å². The van der Waals surface area contributed by atoms with E-state index in [4.69, 9.17) is 5.11 Å². The molecule has 2 aliphatic carbocycles. The van der Waals surface area contributed by atoms with Crippen LogP contribution in [0.1, 0.15) is 31.2 Å². The molecule has 2 saturated carbocycles. The standard InChI is InChI=1S/C18H23N3O2S/c1-11-3-2-4-15-17(11)24-18(20-15)19-13-7-14(8-13)21(10-16(22)23)9-12-5-6-12/h2-4,12-14H,5-10H2,1H3,(H,19,20)(H,22,23). The van der Waals surface area contributed by atoms with Crippen LogP contribution in [0, 0.1) is 12.8 Å². The molecule has 0 aliphatic heterocycles. The predicted octanol–water partition coefficient (Wildman–Crippen LogP) is 3.34. The normalized spacial score (nSPS) is 23.4. The lowest BCUT2D eigenvalue weighted by molar-refractivity contribution is -0.139. The Hall–Kier alpha value is -1.66. The molecule has 128 valence electrons. The Kier molecular flexibility index (Phi) is 4.18. The minimum atomic E-state index is -0.714. The molecule has 0 atom stereocenters. The SMILES string of the molecule is Cc1cccc2nc(NC3CC(N(CC(=O)O)CC4CC4)C3)sc12.